The Bertz CT molecular complexity index is 657. The smallest absolute Gasteiger partial charge is 0.339 e. The molecular formula is C22H31NO3. The van der Waals surface area contributed by atoms with Gasteiger partial charge in [-0.15, -0.1) is 0 Å². The molecule has 4 bridgehead atoms. The quantitative estimate of drug-likeness (QED) is 0.756. The van der Waals surface area contributed by atoms with E-state index in [0.717, 1.165) is 32.1 Å². The van der Waals surface area contributed by atoms with Crippen LogP contribution in [0, 0.1) is 17.8 Å². The molecule has 0 aliphatic heterocycles. The van der Waals surface area contributed by atoms with E-state index in [1.807, 2.05) is 18.2 Å². The lowest BCUT2D eigenvalue weighted by Crippen LogP contribution is -2.60. The first-order chi connectivity index (χ1) is 12.5. The molecule has 142 valence electrons. The lowest BCUT2D eigenvalue weighted by molar-refractivity contribution is -0.139. The van der Waals surface area contributed by atoms with Gasteiger partial charge in [-0.1, -0.05) is 38.0 Å². The molecule has 4 aliphatic carbocycles. The van der Waals surface area contributed by atoms with Crippen LogP contribution in [0.1, 0.15) is 80.3 Å². The minimum absolute atomic E-state index is 0.272. The highest BCUT2D eigenvalue weighted by molar-refractivity contribution is 5.91. The Balaban J connectivity index is 1.53. The second-order valence-corrected chi connectivity index (χ2v) is 8.87. The van der Waals surface area contributed by atoms with E-state index >= 15 is 0 Å². The third kappa shape index (κ3) is 3.18. The van der Waals surface area contributed by atoms with Gasteiger partial charge in [0.05, 0.1) is 11.7 Å². The molecule has 26 heavy (non-hydrogen) atoms. The first kappa shape index (κ1) is 18.0. The summed E-state index contributed by atoms with van der Waals surface area (Å²) in [5.74, 6) is 1.39. The van der Waals surface area contributed by atoms with Crippen LogP contribution < -0.4 is 5.73 Å². The number of hydrogen-bond donors (Lipinski definition) is 2. The maximum atomic E-state index is 13.0. The summed E-state index contributed by atoms with van der Waals surface area (Å²) in [5, 5.41) is 10.5. The average molecular weight is 357 g/mol. The van der Waals surface area contributed by atoms with Crippen LogP contribution in [0.25, 0.3) is 0 Å². The molecule has 0 spiro atoms. The van der Waals surface area contributed by atoms with E-state index in [9.17, 15) is 9.90 Å². The molecule has 0 amide bonds. The summed E-state index contributed by atoms with van der Waals surface area (Å²) in [6, 6.07) is 7.65. The third-order valence-corrected chi connectivity index (χ3v) is 6.97. The normalized spacial score (nSPS) is 36.1. The molecule has 0 aromatic heterocycles. The topological polar surface area (TPSA) is 72.5 Å². The number of carbonyl (C=O) groups is 1. The van der Waals surface area contributed by atoms with E-state index in [0.29, 0.717) is 35.3 Å². The van der Waals surface area contributed by atoms with Gasteiger partial charge in [-0.3, -0.25) is 0 Å². The molecule has 3 unspecified atom stereocenters. The Labute approximate surface area is 156 Å². The minimum atomic E-state index is -0.608. The summed E-state index contributed by atoms with van der Waals surface area (Å²) >= 11 is 0. The molecule has 3 atom stereocenters. The highest BCUT2D eigenvalue weighted by Gasteiger charge is 2.56. The number of nitrogens with two attached hydrogens (primary N) is 1. The van der Waals surface area contributed by atoms with Gasteiger partial charge in [0.15, 0.2) is 0 Å². The summed E-state index contributed by atoms with van der Waals surface area (Å²) in [6.07, 6.45) is 7.23. The molecule has 0 radical (unpaired) electrons. The molecule has 4 fully saturated rings. The van der Waals surface area contributed by atoms with Gasteiger partial charge in [0.25, 0.3) is 0 Å². The first-order valence-electron chi connectivity index (χ1n) is 10.3. The van der Waals surface area contributed by atoms with Crippen molar-refractivity contribution in [2.45, 2.75) is 76.0 Å². The predicted molar refractivity (Wildman–Crippen MR) is 101 cm³/mol. The number of unbranched alkanes of at least 4 members (excludes halogenated alkanes) is 1. The van der Waals surface area contributed by atoms with Crippen LogP contribution in [-0.4, -0.2) is 22.7 Å². The van der Waals surface area contributed by atoms with E-state index in [4.69, 9.17) is 10.5 Å². The fraction of sp³-hybridized carbons (Fsp3) is 0.682. The van der Waals surface area contributed by atoms with Gasteiger partial charge in [0.2, 0.25) is 0 Å². The van der Waals surface area contributed by atoms with Crippen molar-refractivity contribution in [3.05, 3.63) is 35.4 Å². The zero-order valence-electron chi connectivity index (χ0n) is 15.7. The number of carbonyl (C=O) groups excluding carboxylic acids is 1. The van der Waals surface area contributed by atoms with E-state index in [2.05, 4.69) is 6.92 Å². The van der Waals surface area contributed by atoms with Crippen molar-refractivity contribution in [1.29, 1.82) is 0 Å². The molecule has 1 aromatic carbocycles. The van der Waals surface area contributed by atoms with Crippen LogP contribution >= 0.6 is 0 Å². The van der Waals surface area contributed by atoms with Crippen LogP contribution in [0.5, 0.6) is 0 Å². The maximum Gasteiger partial charge on any atom is 0.339 e. The van der Waals surface area contributed by atoms with E-state index in [1.54, 1.807) is 6.07 Å². The Hall–Kier alpha value is -1.39. The van der Waals surface area contributed by atoms with E-state index in [-0.39, 0.29) is 17.6 Å². The van der Waals surface area contributed by atoms with Crippen LogP contribution in [0.15, 0.2) is 24.3 Å². The van der Waals surface area contributed by atoms with Crippen molar-refractivity contribution in [1.82, 2.24) is 0 Å². The average Bonchev–Trinajstić information content (AvgIpc) is 2.63. The number of aliphatic hydroxyl groups excluding tert-OH is 1. The van der Waals surface area contributed by atoms with Crippen molar-refractivity contribution >= 4 is 5.97 Å². The zero-order chi connectivity index (χ0) is 18.3. The van der Waals surface area contributed by atoms with Gasteiger partial charge >= 0.3 is 5.97 Å². The van der Waals surface area contributed by atoms with E-state index in [1.165, 1.54) is 12.8 Å². The Kier molecular flexibility index (Phi) is 4.83. The van der Waals surface area contributed by atoms with Crippen molar-refractivity contribution in [2.24, 2.45) is 23.5 Å². The third-order valence-electron chi connectivity index (χ3n) is 6.97. The molecule has 0 heterocycles. The lowest BCUT2D eigenvalue weighted by atomic mass is 9.52. The molecule has 4 nitrogen and oxygen atoms in total. The molecule has 4 aliphatic rings. The first-order valence-corrected chi connectivity index (χ1v) is 10.3. The fourth-order valence-electron chi connectivity index (χ4n) is 5.89. The molecular weight excluding hydrogens is 326 g/mol. The maximum absolute atomic E-state index is 13.0. The number of hydrogen-bond acceptors (Lipinski definition) is 4. The summed E-state index contributed by atoms with van der Waals surface area (Å²) in [4.78, 5) is 13.0. The van der Waals surface area contributed by atoms with Gasteiger partial charge in [0.1, 0.15) is 5.60 Å². The second kappa shape index (κ2) is 6.97. The molecule has 4 heteroatoms. The Morgan fingerprint density at radius 1 is 1.27 bits per heavy atom. The van der Waals surface area contributed by atoms with Gasteiger partial charge in [-0.2, -0.15) is 0 Å². The standard InChI is InChI=1S/C22H31NO3/c1-2-3-8-19(24)17-6-4-5-7-18(17)21(25)26-22-11-14-9-15(12-22)20(23)16(10-14)13-22/h4-7,14-16,19-20,24H,2-3,8-13,23H2,1H3. The summed E-state index contributed by atoms with van der Waals surface area (Å²) in [5.41, 5.74) is 7.30. The van der Waals surface area contributed by atoms with Gasteiger partial charge in [-0.05, 0) is 67.9 Å². The number of ether oxygens (including phenoxy) is 1. The SMILES string of the molecule is CCCCC(O)c1ccccc1C(=O)OC12CC3CC(C1)C(N)C(C3)C2. The summed E-state index contributed by atoms with van der Waals surface area (Å²) in [7, 11) is 0. The second-order valence-electron chi connectivity index (χ2n) is 8.87. The van der Waals surface area contributed by atoms with Crippen LogP contribution in [-0.2, 0) is 4.74 Å². The number of aliphatic hydroxyl groups is 1. The van der Waals surface area contributed by atoms with Crippen molar-refractivity contribution in [3.8, 4) is 0 Å². The monoisotopic (exact) mass is 357 g/mol. The Morgan fingerprint density at radius 2 is 1.96 bits per heavy atom. The van der Waals surface area contributed by atoms with Crippen molar-refractivity contribution < 1.29 is 14.6 Å². The number of benzene rings is 1. The lowest BCUT2D eigenvalue weighted by Gasteiger charge is -2.58. The highest BCUT2D eigenvalue weighted by Crippen LogP contribution is 2.56. The van der Waals surface area contributed by atoms with Crippen molar-refractivity contribution in [3.63, 3.8) is 0 Å². The molecule has 1 aromatic rings. The van der Waals surface area contributed by atoms with Crippen LogP contribution in [0.3, 0.4) is 0 Å². The minimum Gasteiger partial charge on any atom is -0.455 e. The largest absolute Gasteiger partial charge is 0.455 e. The van der Waals surface area contributed by atoms with Gasteiger partial charge < -0.3 is 15.6 Å². The molecule has 5 rings (SSSR count). The van der Waals surface area contributed by atoms with Gasteiger partial charge in [-0.25, -0.2) is 4.79 Å². The molecule has 0 saturated heterocycles. The van der Waals surface area contributed by atoms with Crippen molar-refractivity contribution in [2.75, 3.05) is 0 Å². The van der Waals surface area contributed by atoms with Crippen LogP contribution in [0.4, 0.5) is 0 Å². The highest BCUT2D eigenvalue weighted by atomic mass is 16.6. The zero-order valence-corrected chi connectivity index (χ0v) is 15.7. The molecule has 4 saturated carbocycles. The van der Waals surface area contributed by atoms with Gasteiger partial charge in [0, 0.05) is 6.04 Å². The number of esters is 1. The van der Waals surface area contributed by atoms with E-state index < -0.39 is 6.10 Å². The predicted octanol–water partition coefficient (Wildman–Crippen LogP) is 3.97. The molecule has 3 N–H and O–H groups in total. The summed E-state index contributed by atoms with van der Waals surface area (Å²) in [6.45, 7) is 2.10. The fourth-order valence-corrected chi connectivity index (χ4v) is 5.89. The summed E-state index contributed by atoms with van der Waals surface area (Å²) < 4.78 is 6.17. The van der Waals surface area contributed by atoms with Crippen LogP contribution in [0.2, 0.25) is 0 Å². The Morgan fingerprint density at radius 3 is 2.65 bits per heavy atom. The number of rotatable bonds is 6.